The van der Waals surface area contributed by atoms with Crippen molar-refractivity contribution in [2.45, 2.75) is 15.5 Å². The first-order valence-corrected chi connectivity index (χ1v) is 9.07. The van der Waals surface area contributed by atoms with Crippen LogP contribution in [-0.2, 0) is 19.9 Å². The summed E-state index contributed by atoms with van der Waals surface area (Å²) in [5.41, 5.74) is -0.0959. The van der Waals surface area contributed by atoms with Crippen molar-refractivity contribution in [2.75, 3.05) is 4.72 Å². The Balaban J connectivity index is 2.30. The Kier molecular flexibility index (Phi) is 4.66. The molecule has 0 aliphatic rings. The summed E-state index contributed by atoms with van der Waals surface area (Å²) in [6, 6.07) is 8.32. The van der Waals surface area contributed by atoms with Crippen LogP contribution < -0.4 is 4.72 Å². The Morgan fingerprint density at radius 3 is 1.96 bits per heavy atom. The third-order valence-electron chi connectivity index (χ3n) is 2.80. The monoisotopic (exact) mass is 365 g/mol. The predicted octanol–water partition coefficient (Wildman–Crippen LogP) is 2.62. The summed E-state index contributed by atoms with van der Waals surface area (Å²) < 4.78 is 86.9. The number of halogens is 3. The molecule has 2 aromatic carbocycles. The lowest BCUT2D eigenvalue weighted by Gasteiger charge is -2.09. The first-order valence-electron chi connectivity index (χ1n) is 6.04. The van der Waals surface area contributed by atoms with E-state index in [2.05, 4.69) is 0 Å². The lowest BCUT2D eigenvalue weighted by molar-refractivity contribution is 0.234. The topological polar surface area (TPSA) is 80.3 Å². The highest BCUT2D eigenvalue weighted by atomic mass is 32.2. The lowest BCUT2D eigenvalue weighted by atomic mass is 10.3. The molecule has 0 radical (unpaired) electrons. The Hall–Kier alpha value is -2.07. The third kappa shape index (κ3) is 3.64. The van der Waals surface area contributed by atoms with Crippen LogP contribution in [0.25, 0.3) is 0 Å². The Morgan fingerprint density at radius 2 is 1.43 bits per heavy atom. The predicted molar refractivity (Wildman–Crippen MR) is 76.8 cm³/mol. The van der Waals surface area contributed by atoms with E-state index in [1.165, 1.54) is 12.1 Å². The van der Waals surface area contributed by atoms with E-state index in [9.17, 15) is 30.0 Å². The van der Waals surface area contributed by atoms with E-state index >= 15 is 0 Å². The third-order valence-corrected chi connectivity index (χ3v) is 5.61. The summed E-state index contributed by atoms with van der Waals surface area (Å²) in [5, 5.41) is 0. The van der Waals surface area contributed by atoms with Crippen molar-refractivity contribution in [3.63, 3.8) is 0 Å². The van der Waals surface area contributed by atoms with Crippen LogP contribution in [0.5, 0.6) is 0 Å². The Labute approximate surface area is 130 Å². The average molecular weight is 365 g/mol. The van der Waals surface area contributed by atoms with Gasteiger partial charge in [0.2, 0.25) is 9.84 Å². The minimum atomic E-state index is -4.77. The van der Waals surface area contributed by atoms with Crippen molar-refractivity contribution >= 4 is 25.5 Å². The quantitative estimate of drug-likeness (QED) is 0.883. The minimum Gasteiger partial charge on any atom is -0.280 e. The van der Waals surface area contributed by atoms with E-state index in [1.807, 2.05) is 4.72 Å². The molecule has 0 spiro atoms. The van der Waals surface area contributed by atoms with E-state index < -0.39 is 41.2 Å². The first kappa shape index (κ1) is 17.3. The van der Waals surface area contributed by atoms with Crippen molar-refractivity contribution in [3.8, 4) is 0 Å². The van der Waals surface area contributed by atoms with Gasteiger partial charge in [-0.3, -0.25) is 4.72 Å². The minimum absolute atomic E-state index is 0.0959. The molecule has 10 heteroatoms. The lowest BCUT2D eigenvalue weighted by Crippen LogP contribution is -2.15. The number of hydrogen-bond acceptors (Lipinski definition) is 4. The van der Waals surface area contributed by atoms with Crippen LogP contribution in [0, 0.1) is 5.82 Å². The van der Waals surface area contributed by atoms with Gasteiger partial charge in [-0.25, -0.2) is 21.2 Å². The van der Waals surface area contributed by atoms with Crippen molar-refractivity contribution in [3.05, 3.63) is 54.3 Å². The van der Waals surface area contributed by atoms with Crippen LogP contribution in [0.15, 0.2) is 58.3 Å². The number of sulfonamides is 1. The second-order valence-corrected chi connectivity index (χ2v) is 7.93. The number of hydrogen-bond donors (Lipinski definition) is 1. The Morgan fingerprint density at radius 1 is 0.870 bits per heavy atom. The maximum absolute atomic E-state index is 13.5. The number of rotatable bonds is 5. The highest BCUT2D eigenvalue weighted by molar-refractivity contribution is 7.92. The molecule has 2 aromatic rings. The zero-order chi connectivity index (χ0) is 17.3. The van der Waals surface area contributed by atoms with Crippen molar-refractivity contribution in [2.24, 2.45) is 0 Å². The normalized spacial score (nSPS) is 12.3. The second kappa shape index (κ2) is 6.20. The molecule has 2 rings (SSSR count). The number of alkyl halides is 2. The standard InChI is InChI=1S/C13H10F3NO4S2/c14-11-3-1-2-4-12(11)23(20,21)17-9-5-7-10(8-6-9)22(18,19)13(15)16/h1-8,13,17H. The molecule has 0 heterocycles. The van der Waals surface area contributed by atoms with Gasteiger partial charge in [0.25, 0.3) is 10.0 Å². The summed E-state index contributed by atoms with van der Waals surface area (Å²) in [7, 11) is -9.00. The smallest absolute Gasteiger partial charge is 0.280 e. The van der Waals surface area contributed by atoms with Gasteiger partial charge in [0.1, 0.15) is 10.7 Å². The number of nitrogens with one attached hydrogen (secondary N) is 1. The van der Waals surface area contributed by atoms with Crippen LogP contribution in [-0.4, -0.2) is 22.6 Å². The van der Waals surface area contributed by atoms with Crippen LogP contribution in [0.1, 0.15) is 0 Å². The molecule has 0 saturated carbocycles. The zero-order valence-electron chi connectivity index (χ0n) is 11.3. The molecule has 0 saturated heterocycles. The summed E-state index contributed by atoms with van der Waals surface area (Å²) in [5.74, 6) is -4.54. The van der Waals surface area contributed by atoms with E-state index in [0.29, 0.717) is 0 Å². The maximum atomic E-state index is 13.5. The van der Waals surface area contributed by atoms with E-state index in [-0.39, 0.29) is 5.69 Å². The highest BCUT2D eigenvalue weighted by Crippen LogP contribution is 2.22. The van der Waals surface area contributed by atoms with Crippen molar-refractivity contribution in [1.29, 1.82) is 0 Å². The van der Waals surface area contributed by atoms with Crippen molar-refractivity contribution < 1.29 is 30.0 Å². The van der Waals surface area contributed by atoms with Gasteiger partial charge >= 0.3 is 5.76 Å². The molecule has 0 bridgehead atoms. The van der Waals surface area contributed by atoms with Crippen LogP contribution in [0.2, 0.25) is 0 Å². The molecular weight excluding hydrogens is 355 g/mol. The summed E-state index contributed by atoms with van der Waals surface area (Å²) in [6.07, 6.45) is 0. The van der Waals surface area contributed by atoms with Crippen LogP contribution in [0.3, 0.4) is 0 Å². The van der Waals surface area contributed by atoms with Gasteiger partial charge in [-0.1, -0.05) is 12.1 Å². The maximum Gasteiger partial charge on any atom is 0.341 e. The molecule has 1 N–H and O–H groups in total. The SMILES string of the molecule is O=S(=O)(Nc1ccc(S(=O)(=O)C(F)F)cc1)c1ccccc1F. The van der Waals surface area contributed by atoms with Crippen molar-refractivity contribution in [1.82, 2.24) is 0 Å². The average Bonchev–Trinajstić information content (AvgIpc) is 2.47. The number of sulfone groups is 1. The molecule has 0 aromatic heterocycles. The molecule has 0 amide bonds. The number of benzene rings is 2. The fraction of sp³-hybridized carbons (Fsp3) is 0.0769. The molecule has 0 aliphatic heterocycles. The van der Waals surface area contributed by atoms with Gasteiger partial charge in [0.15, 0.2) is 0 Å². The van der Waals surface area contributed by atoms with Gasteiger partial charge in [-0.2, -0.15) is 8.78 Å². The molecule has 0 unspecified atom stereocenters. The van der Waals surface area contributed by atoms with Gasteiger partial charge in [-0.15, -0.1) is 0 Å². The van der Waals surface area contributed by atoms with Gasteiger partial charge < -0.3 is 0 Å². The zero-order valence-corrected chi connectivity index (χ0v) is 12.9. The fourth-order valence-corrected chi connectivity index (χ4v) is 3.55. The molecule has 124 valence electrons. The van der Waals surface area contributed by atoms with Crippen LogP contribution >= 0.6 is 0 Å². The van der Waals surface area contributed by atoms with E-state index in [0.717, 1.165) is 36.4 Å². The first-order chi connectivity index (χ1) is 10.6. The van der Waals surface area contributed by atoms with E-state index in [4.69, 9.17) is 0 Å². The molecule has 0 fully saturated rings. The highest BCUT2D eigenvalue weighted by Gasteiger charge is 2.26. The molecule has 0 aliphatic carbocycles. The van der Waals surface area contributed by atoms with E-state index in [1.54, 1.807) is 0 Å². The molecule has 23 heavy (non-hydrogen) atoms. The number of anilines is 1. The van der Waals surface area contributed by atoms with Gasteiger partial charge in [0.05, 0.1) is 4.90 Å². The summed E-state index contributed by atoms with van der Waals surface area (Å²) in [6.45, 7) is 0. The molecule has 5 nitrogen and oxygen atoms in total. The van der Waals surface area contributed by atoms with Gasteiger partial charge in [0, 0.05) is 5.69 Å². The fourth-order valence-electron chi connectivity index (χ4n) is 1.69. The second-order valence-electron chi connectivity index (χ2n) is 4.37. The largest absolute Gasteiger partial charge is 0.341 e. The van der Waals surface area contributed by atoms with Crippen LogP contribution in [0.4, 0.5) is 18.9 Å². The summed E-state index contributed by atoms with van der Waals surface area (Å²) in [4.78, 5) is -1.24. The van der Waals surface area contributed by atoms with Gasteiger partial charge in [-0.05, 0) is 36.4 Å². The Bertz CT molecular complexity index is 910. The molecular formula is C13H10F3NO4S2. The summed E-state index contributed by atoms with van der Waals surface area (Å²) >= 11 is 0. The molecule has 0 atom stereocenters.